The van der Waals surface area contributed by atoms with Crippen molar-refractivity contribution in [1.82, 2.24) is 9.78 Å². The summed E-state index contributed by atoms with van der Waals surface area (Å²) in [6, 6.07) is 5.20. The van der Waals surface area contributed by atoms with E-state index in [0.717, 1.165) is 17.7 Å². The van der Waals surface area contributed by atoms with Crippen LogP contribution >= 0.6 is 11.6 Å². The first kappa shape index (κ1) is 15.4. The van der Waals surface area contributed by atoms with Gasteiger partial charge in [0.2, 0.25) is 0 Å². The van der Waals surface area contributed by atoms with Crippen LogP contribution in [-0.4, -0.2) is 22.7 Å². The summed E-state index contributed by atoms with van der Waals surface area (Å²) in [5, 5.41) is 4.80. The monoisotopic (exact) mass is 308 g/mol. The zero-order chi connectivity index (χ0) is 15.4. The molecule has 1 aromatic heterocycles. The number of aldehydes is 1. The Morgan fingerprint density at radius 3 is 2.71 bits per heavy atom. The third kappa shape index (κ3) is 3.19. The first-order valence-corrected chi connectivity index (χ1v) is 6.98. The van der Waals surface area contributed by atoms with E-state index in [1.54, 1.807) is 29.9 Å². The fourth-order valence-electron chi connectivity index (χ4n) is 2.03. The van der Waals surface area contributed by atoms with Crippen molar-refractivity contribution < 1.29 is 14.3 Å². The summed E-state index contributed by atoms with van der Waals surface area (Å²) in [7, 11) is 1.80. The van der Waals surface area contributed by atoms with Gasteiger partial charge < -0.3 is 9.47 Å². The molecule has 0 bridgehead atoms. The third-order valence-electron chi connectivity index (χ3n) is 3.05. The molecule has 1 aromatic carbocycles. The lowest BCUT2D eigenvalue weighted by atomic mass is 10.2. The normalized spacial score (nSPS) is 10.5. The number of ether oxygens (including phenoxy) is 2. The van der Waals surface area contributed by atoms with Crippen molar-refractivity contribution >= 4 is 17.9 Å². The Morgan fingerprint density at radius 1 is 1.38 bits per heavy atom. The van der Waals surface area contributed by atoms with Gasteiger partial charge in [0.1, 0.15) is 6.61 Å². The number of nitrogens with zero attached hydrogens (tertiary/aromatic N) is 2. The molecule has 0 atom stereocenters. The van der Waals surface area contributed by atoms with Gasteiger partial charge in [-0.3, -0.25) is 9.48 Å². The molecule has 0 amide bonds. The van der Waals surface area contributed by atoms with Gasteiger partial charge in [0.25, 0.3) is 0 Å². The fraction of sp³-hybridized carbons (Fsp3) is 0.333. The highest BCUT2D eigenvalue weighted by atomic mass is 35.5. The Kier molecular flexibility index (Phi) is 4.85. The highest BCUT2D eigenvalue weighted by molar-refractivity contribution is 6.31. The van der Waals surface area contributed by atoms with E-state index < -0.39 is 0 Å². The summed E-state index contributed by atoms with van der Waals surface area (Å²) >= 11 is 6.19. The molecule has 0 aliphatic rings. The molecule has 112 valence electrons. The second-order valence-electron chi connectivity index (χ2n) is 4.48. The standard InChI is InChI=1S/C15H17ClN2O3/c1-4-20-13-7-5-6-11(8-19)15(13)21-9-12-14(16)10(2)17-18(12)3/h5-8H,4,9H2,1-3H3. The molecule has 0 aliphatic heterocycles. The van der Waals surface area contributed by atoms with Gasteiger partial charge in [-0.15, -0.1) is 0 Å². The fourth-order valence-corrected chi connectivity index (χ4v) is 2.24. The molecular weight excluding hydrogens is 292 g/mol. The Labute approximate surface area is 128 Å². The second kappa shape index (κ2) is 6.63. The minimum atomic E-state index is 0.209. The van der Waals surface area contributed by atoms with E-state index in [0.29, 0.717) is 28.7 Å². The van der Waals surface area contributed by atoms with Crippen molar-refractivity contribution in [3.05, 3.63) is 40.2 Å². The van der Waals surface area contributed by atoms with Gasteiger partial charge in [-0.2, -0.15) is 5.10 Å². The highest BCUT2D eigenvalue weighted by Gasteiger charge is 2.15. The number of carbonyl (C=O) groups is 1. The summed E-state index contributed by atoms with van der Waals surface area (Å²) < 4.78 is 12.9. The lowest BCUT2D eigenvalue weighted by molar-refractivity contribution is 0.111. The van der Waals surface area contributed by atoms with Crippen LogP contribution < -0.4 is 9.47 Å². The van der Waals surface area contributed by atoms with Crippen molar-refractivity contribution in [3.8, 4) is 11.5 Å². The van der Waals surface area contributed by atoms with Crippen LogP contribution in [0, 0.1) is 6.92 Å². The molecule has 0 saturated heterocycles. The number of benzene rings is 1. The average Bonchev–Trinajstić information content (AvgIpc) is 2.71. The zero-order valence-electron chi connectivity index (χ0n) is 12.2. The van der Waals surface area contributed by atoms with Gasteiger partial charge >= 0.3 is 0 Å². The maximum Gasteiger partial charge on any atom is 0.172 e. The van der Waals surface area contributed by atoms with Gasteiger partial charge in [-0.05, 0) is 26.0 Å². The second-order valence-corrected chi connectivity index (χ2v) is 4.86. The van der Waals surface area contributed by atoms with E-state index in [1.807, 2.05) is 13.8 Å². The van der Waals surface area contributed by atoms with E-state index >= 15 is 0 Å². The Bertz CT molecular complexity index is 653. The molecule has 2 aromatic rings. The van der Waals surface area contributed by atoms with Gasteiger partial charge in [0, 0.05) is 7.05 Å². The Balaban J connectivity index is 2.28. The van der Waals surface area contributed by atoms with E-state index in [1.165, 1.54) is 0 Å². The van der Waals surface area contributed by atoms with Crippen molar-refractivity contribution in [3.63, 3.8) is 0 Å². The molecule has 0 aliphatic carbocycles. The number of halogens is 1. The minimum absolute atomic E-state index is 0.209. The number of aromatic nitrogens is 2. The van der Waals surface area contributed by atoms with Crippen LogP contribution in [-0.2, 0) is 13.7 Å². The number of aryl methyl sites for hydroxylation is 2. The predicted octanol–water partition coefficient (Wildman–Crippen LogP) is 3.17. The lowest BCUT2D eigenvalue weighted by Gasteiger charge is -2.13. The van der Waals surface area contributed by atoms with Gasteiger partial charge in [-0.25, -0.2) is 0 Å². The molecule has 0 saturated carbocycles. The maximum absolute atomic E-state index is 11.2. The van der Waals surface area contributed by atoms with Gasteiger partial charge in [-0.1, -0.05) is 17.7 Å². The van der Waals surface area contributed by atoms with Gasteiger partial charge in [0.05, 0.1) is 28.6 Å². The molecule has 0 N–H and O–H groups in total. The van der Waals surface area contributed by atoms with Crippen molar-refractivity contribution in [1.29, 1.82) is 0 Å². The summed E-state index contributed by atoms with van der Waals surface area (Å²) in [6.45, 7) is 4.40. The van der Waals surface area contributed by atoms with Crippen molar-refractivity contribution in [2.45, 2.75) is 20.5 Å². The van der Waals surface area contributed by atoms with E-state index in [2.05, 4.69) is 5.10 Å². The molecule has 5 nitrogen and oxygen atoms in total. The molecular formula is C15H17ClN2O3. The topological polar surface area (TPSA) is 53.4 Å². The number of rotatable bonds is 6. The molecule has 0 fully saturated rings. The summed E-state index contributed by atoms with van der Waals surface area (Å²) in [4.78, 5) is 11.2. The zero-order valence-corrected chi connectivity index (χ0v) is 13.0. The molecule has 1 heterocycles. The van der Waals surface area contributed by atoms with Crippen LogP contribution in [0.2, 0.25) is 5.02 Å². The first-order valence-electron chi connectivity index (χ1n) is 6.60. The van der Waals surface area contributed by atoms with Crippen LogP contribution in [0.1, 0.15) is 28.7 Å². The molecule has 0 spiro atoms. The average molecular weight is 309 g/mol. The highest BCUT2D eigenvalue weighted by Crippen LogP contribution is 2.32. The molecule has 6 heteroatoms. The number of para-hydroxylation sites is 1. The summed E-state index contributed by atoms with van der Waals surface area (Å²) in [6.07, 6.45) is 0.744. The molecule has 0 unspecified atom stereocenters. The largest absolute Gasteiger partial charge is 0.490 e. The van der Waals surface area contributed by atoms with Crippen LogP contribution in [0.25, 0.3) is 0 Å². The Hall–Kier alpha value is -2.01. The molecule has 0 radical (unpaired) electrons. The van der Waals surface area contributed by atoms with E-state index in [4.69, 9.17) is 21.1 Å². The van der Waals surface area contributed by atoms with Crippen molar-refractivity contribution in [2.24, 2.45) is 7.05 Å². The lowest BCUT2D eigenvalue weighted by Crippen LogP contribution is -2.06. The first-order chi connectivity index (χ1) is 10.1. The quantitative estimate of drug-likeness (QED) is 0.769. The number of hydrogen-bond donors (Lipinski definition) is 0. The Morgan fingerprint density at radius 2 is 2.14 bits per heavy atom. The van der Waals surface area contributed by atoms with Crippen LogP contribution in [0.5, 0.6) is 11.5 Å². The van der Waals surface area contributed by atoms with E-state index in [-0.39, 0.29) is 6.61 Å². The van der Waals surface area contributed by atoms with Gasteiger partial charge in [0.15, 0.2) is 17.8 Å². The van der Waals surface area contributed by atoms with Crippen molar-refractivity contribution in [2.75, 3.05) is 6.61 Å². The predicted molar refractivity (Wildman–Crippen MR) is 80.3 cm³/mol. The number of carbonyl (C=O) groups excluding carboxylic acids is 1. The van der Waals surface area contributed by atoms with Crippen LogP contribution in [0.15, 0.2) is 18.2 Å². The minimum Gasteiger partial charge on any atom is -0.490 e. The third-order valence-corrected chi connectivity index (χ3v) is 3.54. The summed E-state index contributed by atoms with van der Waals surface area (Å²) in [5.41, 5.74) is 1.93. The molecule has 2 rings (SSSR count). The summed E-state index contributed by atoms with van der Waals surface area (Å²) in [5.74, 6) is 0.960. The smallest absolute Gasteiger partial charge is 0.172 e. The van der Waals surface area contributed by atoms with E-state index in [9.17, 15) is 4.79 Å². The molecule has 21 heavy (non-hydrogen) atoms. The van der Waals surface area contributed by atoms with Crippen LogP contribution in [0.3, 0.4) is 0 Å². The SMILES string of the molecule is CCOc1cccc(C=O)c1OCc1c(Cl)c(C)nn1C. The number of hydrogen-bond acceptors (Lipinski definition) is 4. The maximum atomic E-state index is 11.2. The van der Waals surface area contributed by atoms with Crippen LogP contribution in [0.4, 0.5) is 0 Å².